The van der Waals surface area contributed by atoms with Crippen molar-refractivity contribution in [3.63, 3.8) is 0 Å². The molecular formula is C10H8Cl2N2O2. The van der Waals surface area contributed by atoms with Crippen LogP contribution < -0.4 is 5.43 Å². The highest BCUT2D eigenvalue weighted by atomic mass is 35.5. The first-order chi connectivity index (χ1) is 7.58. The van der Waals surface area contributed by atoms with Gasteiger partial charge in [-0.25, -0.2) is 5.43 Å². The zero-order valence-electron chi connectivity index (χ0n) is 8.08. The van der Waals surface area contributed by atoms with Crippen molar-refractivity contribution in [3.05, 3.63) is 33.8 Å². The summed E-state index contributed by atoms with van der Waals surface area (Å²) in [6.07, 6.45) is -0.897. The minimum atomic E-state index is -1.07. The summed E-state index contributed by atoms with van der Waals surface area (Å²) in [5.74, 6) is -0.496. The summed E-state index contributed by atoms with van der Waals surface area (Å²) in [6.45, 7) is 0. The highest BCUT2D eigenvalue weighted by Gasteiger charge is 2.23. The average Bonchev–Trinajstić information content (AvgIpc) is 2.26. The van der Waals surface area contributed by atoms with Gasteiger partial charge in [0.2, 0.25) is 0 Å². The molecule has 1 unspecified atom stereocenters. The van der Waals surface area contributed by atoms with Crippen molar-refractivity contribution in [2.45, 2.75) is 12.5 Å². The van der Waals surface area contributed by atoms with Gasteiger partial charge in [0.25, 0.3) is 5.91 Å². The number of rotatable bonds is 1. The minimum Gasteiger partial charge on any atom is -0.383 e. The molecule has 1 amide bonds. The summed E-state index contributed by atoms with van der Waals surface area (Å²) in [6, 6.07) is 5.02. The van der Waals surface area contributed by atoms with E-state index in [9.17, 15) is 9.90 Å². The normalized spacial score (nSPS) is 20.3. The number of halogens is 2. The second-order valence-electron chi connectivity index (χ2n) is 3.38. The number of aliphatic hydroxyl groups is 1. The van der Waals surface area contributed by atoms with Crippen LogP contribution in [0.3, 0.4) is 0 Å². The zero-order valence-corrected chi connectivity index (χ0v) is 9.59. The molecule has 0 fully saturated rings. The van der Waals surface area contributed by atoms with E-state index in [4.69, 9.17) is 23.2 Å². The van der Waals surface area contributed by atoms with E-state index < -0.39 is 12.0 Å². The molecule has 1 aliphatic rings. The summed E-state index contributed by atoms with van der Waals surface area (Å²) in [4.78, 5) is 11.0. The Kier molecular flexibility index (Phi) is 3.14. The molecule has 0 radical (unpaired) electrons. The van der Waals surface area contributed by atoms with Crippen molar-refractivity contribution in [2.75, 3.05) is 0 Å². The van der Waals surface area contributed by atoms with Crippen LogP contribution in [0.15, 0.2) is 23.3 Å². The Hall–Kier alpha value is -1.10. The van der Waals surface area contributed by atoms with E-state index in [1.807, 2.05) is 0 Å². The topological polar surface area (TPSA) is 61.7 Å². The van der Waals surface area contributed by atoms with Crippen LogP contribution in [-0.4, -0.2) is 22.8 Å². The van der Waals surface area contributed by atoms with Crippen molar-refractivity contribution < 1.29 is 9.90 Å². The average molecular weight is 259 g/mol. The van der Waals surface area contributed by atoms with Crippen LogP contribution in [0.5, 0.6) is 0 Å². The fraction of sp³-hybridized carbons (Fsp3) is 0.200. The Morgan fingerprint density at radius 3 is 2.75 bits per heavy atom. The zero-order chi connectivity index (χ0) is 11.7. The van der Waals surface area contributed by atoms with Gasteiger partial charge in [-0.3, -0.25) is 4.79 Å². The number of amides is 1. The van der Waals surface area contributed by atoms with Gasteiger partial charge in [0.15, 0.2) is 0 Å². The van der Waals surface area contributed by atoms with Gasteiger partial charge < -0.3 is 5.11 Å². The lowest BCUT2D eigenvalue weighted by Crippen LogP contribution is -2.38. The Bertz CT molecular complexity index is 474. The Labute approximate surface area is 102 Å². The lowest BCUT2D eigenvalue weighted by atomic mass is 10.0. The molecule has 1 heterocycles. The number of nitrogens with zero attached hydrogens (tertiary/aromatic N) is 1. The van der Waals surface area contributed by atoms with Crippen LogP contribution in [0.25, 0.3) is 0 Å². The predicted molar refractivity (Wildman–Crippen MR) is 61.8 cm³/mol. The molecule has 2 N–H and O–H groups in total. The van der Waals surface area contributed by atoms with Crippen molar-refractivity contribution in [2.24, 2.45) is 5.10 Å². The summed E-state index contributed by atoms with van der Waals surface area (Å²) in [5.41, 5.74) is 3.54. The van der Waals surface area contributed by atoms with E-state index in [1.54, 1.807) is 18.2 Å². The molecule has 0 saturated carbocycles. The van der Waals surface area contributed by atoms with Crippen molar-refractivity contribution in [1.82, 2.24) is 5.43 Å². The van der Waals surface area contributed by atoms with Gasteiger partial charge in [0, 0.05) is 6.42 Å². The van der Waals surface area contributed by atoms with Gasteiger partial charge in [0.05, 0.1) is 15.8 Å². The van der Waals surface area contributed by atoms with E-state index in [0.29, 0.717) is 15.8 Å². The second kappa shape index (κ2) is 4.41. The Morgan fingerprint density at radius 1 is 1.38 bits per heavy atom. The number of aliphatic hydroxyl groups excluding tert-OH is 1. The molecule has 84 valence electrons. The van der Waals surface area contributed by atoms with E-state index in [1.165, 1.54) is 0 Å². The molecule has 1 aromatic carbocycles. The largest absolute Gasteiger partial charge is 0.383 e. The SMILES string of the molecule is O=C1NN=C(c2ccc(Cl)c(Cl)c2)CC1O. The molecule has 0 bridgehead atoms. The second-order valence-corrected chi connectivity index (χ2v) is 4.20. The fourth-order valence-electron chi connectivity index (χ4n) is 1.38. The minimum absolute atomic E-state index is 0.170. The van der Waals surface area contributed by atoms with Crippen LogP contribution in [0.1, 0.15) is 12.0 Å². The van der Waals surface area contributed by atoms with Crippen molar-refractivity contribution in [1.29, 1.82) is 0 Å². The summed E-state index contributed by atoms with van der Waals surface area (Å²) in [5, 5.41) is 14.1. The number of hydrogen-bond donors (Lipinski definition) is 2. The lowest BCUT2D eigenvalue weighted by molar-refractivity contribution is -0.129. The molecule has 2 rings (SSSR count). The predicted octanol–water partition coefficient (Wildman–Crippen LogP) is 1.58. The van der Waals surface area contributed by atoms with Gasteiger partial charge in [-0.15, -0.1) is 0 Å². The van der Waals surface area contributed by atoms with Gasteiger partial charge in [-0.1, -0.05) is 29.3 Å². The molecule has 0 aliphatic carbocycles. The van der Waals surface area contributed by atoms with Gasteiger partial charge in [-0.05, 0) is 17.7 Å². The van der Waals surface area contributed by atoms with Crippen LogP contribution in [0.2, 0.25) is 10.0 Å². The van der Waals surface area contributed by atoms with Gasteiger partial charge in [-0.2, -0.15) is 5.10 Å². The smallest absolute Gasteiger partial charge is 0.269 e. The molecule has 1 aliphatic heterocycles. The molecule has 0 spiro atoms. The third-order valence-electron chi connectivity index (χ3n) is 2.24. The number of benzene rings is 1. The maximum atomic E-state index is 11.0. The van der Waals surface area contributed by atoms with Crippen molar-refractivity contribution >= 4 is 34.8 Å². The summed E-state index contributed by atoms with van der Waals surface area (Å²) < 4.78 is 0. The fourth-order valence-corrected chi connectivity index (χ4v) is 1.67. The summed E-state index contributed by atoms with van der Waals surface area (Å²) >= 11 is 11.6. The van der Waals surface area contributed by atoms with E-state index in [2.05, 4.69) is 10.5 Å². The molecule has 0 saturated heterocycles. The number of carbonyl (C=O) groups is 1. The maximum absolute atomic E-state index is 11.0. The van der Waals surface area contributed by atoms with Crippen LogP contribution in [0.4, 0.5) is 0 Å². The number of hydrazone groups is 1. The van der Waals surface area contributed by atoms with E-state index in [-0.39, 0.29) is 6.42 Å². The number of hydrogen-bond acceptors (Lipinski definition) is 3. The summed E-state index contributed by atoms with van der Waals surface area (Å²) in [7, 11) is 0. The van der Waals surface area contributed by atoms with Crippen LogP contribution >= 0.6 is 23.2 Å². The third kappa shape index (κ3) is 2.19. The van der Waals surface area contributed by atoms with Gasteiger partial charge in [0.1, 0.15) is 6.10 Å². The molecule has 1 atom stereocenters. The van der Waals surface area contributed by atoms with Crippen LogP contribution in [0, 0.1) is 0 Å². The first-order valence-electron chi connectivity index (χ1n) is 4.58. The molecule has 6 heteroatoms. The first kappa shape index (κ1) is 11.4. The van der Waals surface area contributed by atoms with Crippen LogP contribution in [-0.2, 0) is 4.79 Å². The highest BCUT2D eigenvalue weighted by Crippen LogP contribution is 2.24. The molecule has 0 aromatic heterocycles. The van der Waals surface area contributed by atoms with E-state index in [0.717, 1.165) is 5.56 Å². The molecular weight excluding hydrogens is 251 g/mol. The van der Waals surface area contributed by atoms with Gasteiger partial charge >= 0.3 is 0 Å². The monoisotopic (exact) mass is 258 g/mol. The number of carbonyl (C=O) groups excluding carboxylic acids is 1. The molecule has 4 nitrogen and oxygen atoms in total. The lowest BCUT2D eigenvalue weighted by Gasteiger charge is -2.17. The van der Waals surface area contributed by atoms with E-state index >= 15 is 0 Å². The quantitative estimate of drug-likeness (QED) is 0.804. The standard InChI is InChI=1S/C10H8Cl2N2O2/c11-6-2-1-5(3-7(6)12)8-4-9(15)10(16)14-13-8/h1-3,9,15H,4H2,(H,14,16). The molecule has 1 aromatic rings. The maximum Gasteiger partial charge on any atom is 0.269 e. The number of nitrogens with one attached hydrogen (secondary N) is 1. The Balaban J connectivity index is 2.31. The first-order valence-corrected chi connectivity index (χ1v) is 5.33. The van der Waals surface area contributed by atoms with Crippen molar-refractivity contribution in [3.8, 4) is 0 Å². The Morgan fingerprint density at radius 2 is 2.12 bits per heavy atom. The molecule has 16 heavy (non-hydrogen) atoms. The highest BCUT2D eigenvalue weighted by molar-refractivity contribution is 6.42. The third-order valence-corrected chi connectivity index (χ3v) is 2.98.